The van der Waals surface area contributed by atoms with Gasteiger partial charge in [0.05, 0.1) is 19.2 Å². The smallest absolute Gasteiger partial charge is 0.332 e. The normalized spacial score (nSPS) is 16.0. The van der Waals surface area contributed by atoms with E-state index in [4.69, 9.17) is 10.7 Å². The van der Waals surface area contributed by atoms with E-state index in [9.17, 15) is 14.9 Å². The number of nitrogens with zero attached hydrogens (tertiary/aromatic N) is 6. The van der Waals surface area contributed by atoms with E-state index in [1.165, 1.54) is 10.6 Å². The molecular formula is C25H28N8O2. The van der Waals surface area contributed by atoms with Gasteiger partial charge in [0.15, 0.2) is 11.2 Å². The van der Waals surface area contributed by atoms with Crippen LogP contribution in [0.1, 0.15) is 19.8 Å². The average molecular weight is 473 g/mol. The van der Waals surface area contributed by atoms with Crippen LogP contribution in [0.15, 0.2) is 51.7 Å². The Balaban J connectivity index is 1.85. The number of hydrogen-bond donors (Lipinski definition) is 2. The Morgan fingerprint density at radius 3 is 2.74 bits per heavy atom. The number of fused-ring (bicyclic) bond motifs is 1. The van der Waals surface area contributed by atoms with Crippen LogP contribution in [0.4, 0.5) is 11.6 Å². The highest BCUT2D eigenvalue weighted by molar-refractivity contribution is 5.75. The highest BCUT2D eigenvalue weighted by Gasteiger charge is 2.26. The molecule has 0 saturated carbocycles. The summed E-state index contributed by atoms with van der Waals surface area (Å²) in [7, 11) is 1.59. The van der Waals surface area contributed by atoms with Gasteiger partial charge >= 0.3 is 5.69 Å². The van der Waals surface area contributed by atoms with Crippen molar-refractivity contribution in [1.82, 2.24) is 18.7 Å². The van der Waals surface area contributed by atoms with E-state index in [0.29, 0.717) is 29.4 Å². The summed E-state index contributed by atoms with van der Waals surface area (Å²) in [6.45, 7) is 3.26. The molecule has 0 bridgehead atoms. The topological polar surface area (TPSA) is 127 Å². The van der Waals surface area contributed by atoms with Crippen LogP contribution in [0.25, 0.3) is 11.2 Å². The van der Waals surface area contributed by atoms with Gasteiger partial charge in [-0.1, -0.05) is 24.1 Å². The first-order chi connectivity index (χ1) is 16.9. The molecule has 2 aromatic heterocycles. The minimum atomic E-state index is -0.519. The molecule has 1 saturated heterocycles. The zero-order valence-corrected chi connectivity index (χ0v) is 19.9. The molecule has 35 heavy (non-hydrogen) atoms. The number of aryl methyl sites for hydroxylation is 1. The lowest BCUT2D eigenvalue weighted by Gasteiger charge is -2.31. The predicted molar refractivity (Wildman–Crippen MR) is 136 cm³/mol. The molecule has 4 rings (SSSR count). The fourth-order valence-electron chi connectivity index (χ4n) is 4.32. The van der Waals surface area contributed by atoms with Gasteiger partial charge in [0, 0.05) is 43.6 Å². The molecule has 1 aliphatic heterocycles. The number of para-hydroxylation sites is 1. The van der Waals surface area contributed by atoms with Gasteiger partial charge in [0.2, 0.25) is 5.95 Å². The summed E-state index contributed by atoms with van der Waals surface area (Å²) in [5, 5.41) is 12.4. The van der Waals surface area contributed by atoms with E-state index in [0.717, 1.165) is 29.6 Å². The lowest BCUT2D eigenvalue weighted by atomic mass is 10.1. The zero-order chi connectivity index (χ0) is 24.9. The molecule has 3 aromatic rings. The average Bonchev–Trinajstić information content (AvgIpc) is 3.24. The Hall–Kier alpha value is -4.28. The number of aromatic nitrogens is 4. The van der Waals surface area contributed by atoms with E-state index < -0.39 is 11.2 Å². The Bertz CT molecular complexity index is 1480. The maximum absolute atomic E-state index is 13.7. The number of hydrogen-bond acceptors (Lipinski definition) is 7. The Kier molecular flexibility index (Phi) is 7.04. The van der Waals surface area contributed by atoms with Crippen LogP contribution in [0.2, 0.25) is 0 Å². The monoisotopic (exact) mass is 472 g/mol. The molecule has 0 spiro atoms. The van der Waals surface area contributed by atoms with E-state index in [-0.39, 0.29) is 19.1 Å². The van der Waals surface area contributed by atoms with Gasteiger partial charge in [-0.3, -0.25) is 18.5 Å². The third kappa shape index (κ3) is 4.84. The fourth-order valence-corrected chi connectivity index (χ4v) is 4.32. The van der Waals surface area contributed by atoms with Gasteiger partial charge in [-0.25, -0.2) is 4.79 Å². The van der Waals surface area contributed by atoms with Gasteiger partial charge < -0.3 is 16.0 Å². The molecule has 0 radical (unpaired) electrons. The van der Waals surface area contributed by atoms with Crippen molar-refractivity contribution in [3.63, 3.8) is 0 Å². The van der Waals surface area contributed by atoms with Crippen LogP contribution in [-0.2, 0) is 20.1 Å². The van der Waals surface area contributed by atoms with Crippen molar-refractivity contribution < 1.29 is 0 Å². The van der Waals surface area contributed by atoms with E-state index >= 15 is 0 Å². The van der Waals surface area contributed by atoms with E-state index in [1.54, 1.807) is 18.5 Å². The second-order valence-corrected chi connectivity index (χ2v) is 8.47. The third-order valence-corrected chi connectivity index (χ3v) is 6.01. The van der Waals surface area contributed by atoms with E-state index in [2.05, 4.69) is 22.1 Å². The van der Waals surface area contributed by atoms with Crippen LogP contribution < -0.4 is 27.2 Å². The number of nitriles is 1. The quantitative estimate of drug-likeness (QED) is 0.410. The molecule has 0 aliphatic carbocycles. The number of nitrogens with one attached hydrogen (secondary N) is 1. The number of nitrogens with two attached hydrogens (primary N) is 1. The molecule has 1 atom stereocenters. The van der Waals surface area contributed by atoms with Crippen molar-refractivity contribution >= 4 is 22.8 Å². The largest absolute Gasteiger partial charge is 0.357 e. The second-order valence-electron chi connectivity index (χ2n) is 8.47. The SMILES string of the molecule is CC#CCn1c(N2CCCC(N)C2)nc2c1c(=O)n(C/C(=C/C#N)Nc1ccccc1)c(=O)n2C. The molecular weight excluding hydrogens is 444 g/mol. The van der Waals surface area contributed by atoms with Crippen LogP contribution in [-0.4, -0.2) is 37.8 Å². The lowest BCUT2D eigenvalue weighted by molar-refractivity contribution is 0.496. The van der Waals surface area contributed by atoms with Crippen molar-refractivity contribution in [1.29, 1.82) is 5.26 Å². The molecule has 3 heterocycles. The maximum atomic E-state index is 13.7. The molecule has 1 fully saturated rings. The summed E-state index contributed by atoms with van der Waals surface area (Å²) in [6, 6.07) is 11.3. The van der Waals surface area contributed by atoms with Gasteiger partial charge in [-0.2, -0.15) is 10.2 Å². The first kappa shape index (κ1) is 23.9. The summed E-state index contributed by atoms with van der Waals surface area (Å²) in [6.07, 6.45) is 3.14. The summed E-state index contributed by atoms with van der Waals surface area (Å²) in [5.74, 6) is 6.47. The standard InChI is InChI=1S/C25H28N8O2/c1-3-4-15-32-21-22(29-24(32)31-14-8-9-18(27)16-31)30(2)25(35)33(23(21)34)17-20(12-13-26)28-19-10-6-5-7-11-19/h5-7,10-12,18,28H,8-9,14-17,27H2,1-2H3/b20-12-. The highest BCUT2D eigenvalue weighted by atomic mass is 16.2. The summed E-state index contributed by atoms with van der Waals surface area (Å²) < 4.78 is 4.25. The van der Waals surface area contributed by atoms with Crippen LogP contribution in [0.3, 0.4) is 0 Å². The maximum Gasteiger partial charge on any atom is 0.332 e. The Morgan fingerprint density at radius 2 is 2.06 bits per heavy atom. The van der Waals surface area contributed by atoms with Crippen LogP contribution in [0, 0.1) is 23.2 Å². The molecule has 1 aromatic carbocycles. The van der Waals surface area contributed by atoms with Gasteiger partial charge in [0.1, 0.15) is 0 Å². The number of imidazole rings is 1. The van der Waals surface area contributed by atoms with Crippen LogP contribution >= 0.6 is 0 Å². The van der Waals surface area contributed by atoms with Gasteiger partial charge in [-0.05, 0) is 31.9 Å². The summed E-state index contributed by atoms with van der Waals surface area (Å²) in [5.41, 5.74) is 6.94. The van der Waals surface area contributed by atoms with Crippen molar-refractivity contribution in [2.45, 2.75) is 38.9 Å². The van der Waals surface area contributed by atoms with Crippen molar-refractivity contribution in [3.05, 3.63) is 62.9 Å². The second kappa shape index (κ2) is 10.3. The molecule has 10 heteroatoms. The molecule has 1 unspecified atom stereocenters. The number of benzene rings is 1. The summed E-state index contributed by atoms with van der Waals surface area (Å²) in [4.78, 5) is 33.7. The molecule has 3 N–H and O–H groups in total. The zero-order valence-electron chi connectivity index (χ0n) is 19.9. The van der Waals surface area contributed by atoms with Crippen LogP contribution in [0.5, 0.6) is 0 Å². The van der Waals surface area contributed by atoms with E-state index in [1.807, 2.05) is 36.4 Å². The minimum absolute atomic E-state index is 0.0116. The molecule has 0 amide bonds. The molecule has 10 nitrogen and oxygen atoms in total. The molecule has 180 valence electrons. The highest BCUT2D eigenvalue weighted by Crippen LogP contribution is 2.23. The number of rotatable bonds is 6. The number of allylic oxidation sites excluding steroid dienone is 2. The predicted octanol–water partition coefficient (Wildman–Crippen LogP) is 1.37. The third-order valence-electron chi connectivity index (χ3n) is 6.01. The van der Waals surface area contributed by atoms with Gasteiger partial charge in [-0.15, -0.1) is 5.92 Å². The number of piperidine rings is 1. The first-order valence-corrected chi connectivity index (χ1v) is 11.5. The number of anilines is 2. The van der Waals surface area contributed by atoms with Crippen molar-refractivity contribution in [2.75, 3.05) is 23.3 Å². The minimum Gasteiger partial charge on any atom is -0.357 e. The Morgan fingerprint density at radius 1 is 1.29 bits per heavy atom. The first-order valence-electron chi connectivity index (χ1n) is 11.5. The molecule has 1 aliphatic rings. The fraction of sp³-hybridized carbons (Fsp3) is 0.360. The van der Waals surface area contributed by atoms with Crippen molar-refractivity contribution in [3.8, 4) is 17.9 Å². The lowest BCUT2D eigenvalue weighted by Crippen LogP contribution is -2.44. The Labute approximate surface area is 202 Å². The van der Waals surface area contributed by atoms with Gasteiger partial charge in [0.25, 0.3) is 5.56 Å². The summed E-state index contributed by atoms with van der Waals surface area (Å²) >= 11 is 0. The van der Waals surface area contributed by atoms with Crippen molar-refractivity contribution in [2.24, 2.45) is 12.8 Å².